The van der Waals surface area contributed by atoms with E-state index < -0.39 is 11.9 Å². The van der Waals surface area contributed by atoms with Gasteiger partial charge in [0.15, 0.2) is 0 Å². The molecular weight excluding hydrogens is 1100 g/mol. The number of fused-ring (bicyclic) bond motifs is 1. The van der Waals surface area contributed by atoms with Crippen molar-refractivity contribution in [1.82, 2.24) is 31.5 Å². The molecule has 3 aliphatic rings. The summed E-state index contributed by atoms with van der Waals surface area (Å²) in [5.74, 6) is 0.367. The van der Waals surface area contributed by atoms with Gasteiger partial charge in [-0.1, -0.05) is 50.1 Å². The zero-order valence-corrected chi connectivity index (χ0v) is 49.8. The van der Waals surface area contributed by atoms with Crippen LogP contribution in [0.15, 0.2) is 48.5 Å². The molecular formula is C58H91ClN6O16S. The molecule has 3 aliphatic heterocycles. The molecule has 0 saturated carbocycles. The largest absolute Gasteiger partial charge is 0.377 e. The highest BCUT2D eigenvalue weighted by atomic mass is 35.5. The summed E-state index contributed by atoms with van der Waals surface area (Å²) in [6.45, 7) is 15.4. The van der Waals surface area contributed by atoms with E-state index in [1.54, 1.807) is 18.2 Å². The standard InChI is InChI=1S/C58H91ClN6O16S/c1-44(2)53(57(69)65-18-14-46(15-19-65)45-10-12-49(59)13-11-45)63-56(68)48-7-5-6-47(42-48)55(67)61-17-21-72-23-25-74-27-29-76-31-33-78-35-37-80-39-41-81-40-38-79-36-34-77-32-30-75-28-26-73-24-22-71-20-16-60-52(66)9-4-3-8-51-54-50(43-82-51)62-58(70)64-54/h5-7,10-13,42,44,46,50-51,53-54H,3-4,8-9,14-41,43H2,1-2H3,(H,60,66)(H,61,67)(H,63,68)(H2,62,64,70)/t50-,51-,53?,54-/m0/s1. The molecule has 0 aliphatic carbocycles. The van der Waals surface area contributed by atoms with Crippen molar-refractivity contribution >= 4 is 53.0 Å². The number of rotatable bonds is 47. The molecule has 3 heterocycles. The quantitative estimate of drug-likeness (QED) is 0.0459. The number of carbonyl (C=O) groups is 5. The summed E-state index contributed by atoms with van der Waals surface area (Å²) in [4.78, 5) is 65.3. The Morgan fingerprint density at radius 1 is 0.598 bits per heavy atom. The molecule has 3 saturated heterocycles. The summed E-state index contributed by atoms with van der Waals surface area (Å²) >= 11 is 7.96. The lowest BCUT2D eigenvalue weighted by molar-refractivity contribution is -0.135. The maximum absolute atomic E-state index is 13.6. The van der Waals surface area contributed by atoms with E-state index in [4.69, 9.17) is 63.7 Å². The fraction of sp³-hybridized carbons (Fsp3) is 0.707. The first-order valence-corrected chi connectivity index (χ1v) is 30.6. The lowest BCUT2D eigenvalue weighted by Crippen LogP contribution is -2.52. The molecule has 2 aromatic carbocycles. The maximum atomic E-state index is 13.6. The minimum absolute atomic E-state index is 0.0336. The average Bonchev–Trinajstić information content (AvgIpc) is 4.14. The number of carbonyl (C=O) groups excluding carboxylic acids is 5. The van der Waals surface area contributed by atoms with Crippen LogP contribution in [0, 0.1) is 5.92 Å². The third-order valence-electron chi connectivity index (χ3n) is 13.7. The van der Waals surface area contributed by atoms with Gasteiger partial charge in [-0.3, -0.25) is 19.2 Å². The summed E-state index contributed by atoms with van der Waals surface area (Å²) in [7, 11) is 0. The van der Waals surface area contributed by atoms with Gasteiger partial charge in [0.05, 0.1) is 157 Å². The Kier molecular flexibility index (Phi) is 35.6. The van der Waals surface area contributed by atoms with E-state index in [1.807, 2.05) is 54.8 Å². The van der Waals surface area contributed by atoms with Crippen molar-refractivity contribution in [3.63, 3.8) is 0 Å². The lowest BCUT2D eigenvalue weighted by Gasteiger charge is -2.35. The molecule has 3 fully saturated rings. The van der Waals surface area contributed by atoms with E-state index >= 15 is 0 Å². The van der Waals surface area contributed by atoms with Gasteiger partial charge in [0.1, 0.15) is 6.04 Å². The molecule has 5 N–H and O–H groups in total. The number of thioether (sulfide) groups is 1. The van der Waals surface area contributed by atoms with E-state index in [-0.39, 0.29) is 54.9 Å². The minimum atomic E-state index is -0.695. The van der Waals surface area contributed by atoms with E-state index in [0.717, 1.165) is 37.9 Å². The fourth-order valence-corrected chi connectivity index (χ4v) is 10.8. The second kappa shape index (κ2) is 42.6. The van der Waals surface area contributed by atoms with Crippen LogP contribution in [-0.2, 0) is 61.7 Å². The van der Waals surface area contributed by atoms with Gasteiger partial charge in [0, 0.05) is 59.8 Å². The highest BCUT2D eigenvalue weighted by molar-refractivity contribution is 8.00. The van der Waals surface area contributed by atoms with Crippen LogP contribution in [0.1, 0.15) is 84.6 Å². The van der Waals surface area contributed by atoms with Crippen LogP contribution >= 0.6 is 23.4 Å². The second-order valence-electron chi connectivity index (χ2n) is 20.1. The molecule has 24 heteroatoms. The van der Waals surface area contributed by atoms with Gasteiger partial charge in [-0.2, -0.15) is 11.8 Å². The Morgan fingerprint density at radius 2 is 1.05 bits per heavy atom. The van der Waals surface area contributed by atoms with Crippen molar-refractivity contribution in [2.45, 2.75) is 81.7 Å². The number of amides is 6. The zero-order chi connectivity index (χ0) is 58.2. The van der Waals surface area contributed by atoms with Crippen LogP contribution in [-0.4, -0.2) is 235 Å². The average molecular weight is 1200 g/mol. The van der Waals surface area contributed by atoms with Gasteiger partial charge in [-0.05, 0) is 73.4 Å². The van der Waals surface area contributed by atoms with Crippen LogP contribution in [0.2, 0.25) is 5.02 Å². The SMILES string of the molecule is CC(C)C(NC(=O)c1cccc(C(=O)NCCOCCOCCOCCOCCOCCOCCOCCOCCOCCOCCOCCNC(=O)CCCC[C@@H]2SC[C@@H]3NC(=O)N[C@@H]32)c1)C(=O)N1CCC(c2ccc(Cl)cc2)CC1. The number of piperidine rings is 1. The van der Waals surface area contributed by atoms with Crippen molar-refractivity contribution in [3.05, 3.63) is 70.2 Å². The van der Waals surface area contributed by atoms with Gasteiger partial charge < -0.3 is 83.6 Å². The van der Waals surface area contributed by atoms with Crippen molar-refractivity contribution in [2.24, 2.45) is 5.92 Å². The first-order valence-electron chi connectivity index (χ1n) is 29.1. The number of likely N-dealkylation sites (tertiary alicyclic amines) is 1. The molecule has 0 bridgehead atoms. The first-order chi connectivity index (χ1) is 40.1. The van der Waals surface area contributed by atoms with Gasteiger partial charge in [-0.25, -0.2) is 4.79 Å². The third-order valence-corrected chi connectivity index (χ3v) is 15.4. The smallest absolute Gasteiger partial charge is 0.315 e. The molecule has 4 atom stereocenters. The summed E-state index contributed by atoms with van der Waals surface area (Å²) in [5.41, 5.74) is 1.85. The number of nitrogens with zero attached hydrogens (tertiary/aromatic N) is 1. The number of unbranched alkanes of at least 4 members (excludes halogenated alkanes) is 1. The van der Waals surface area contributed by atoms with E-state index in [9.17, 15) is 24.0 Å². The number of ether oxygens (including phenoxy) is 11. The molecule has 0 radical (unpaired) electrons. The summed E-state index contributed by atoms with van der Waals surface area (Å²) in [6.07, 6.45) is 4.97. The Hall–Kier alpha value is -4.21. The fourth-order valence-electron chi connectivity index (χ4n) is 9.17. The zero-order valence-electron chi connectivity index (χ0n) is 48.2. The highest BCUT2D eigenvalue weighted by Gasteiger charge is 2.42. The van der Waals surface area contributed by atoms with Crippen LogP contribution in [0.3, 0.4) is 0 Å². The summed E-state index contributed by atoms with van der Waals surface area (Å²) in [6, 6.07) is 14.0. The minimum Gasteiger partial charge on any atom is -0.377 e. The predicted octanol–water partition coefficient (Wildman–Crippen LogP) is 4.26. The van der Waals surface area contributed by atoms with Crippen molar-refractivity contribution in [1.29, 1.82) is 0 Å². The molecule has 1 unspecified atom stereocenters. The molecule has 2 aromatic rings. The van der Waals surface area contributed by atoms with Crippen LogP contribution < -0.4 is 26.6 Å². The van der Waals surface area contributed by atoms with Crippen LogP contribution in [0.4, 0.5) is 4.79 Å². The molecule has 5 rings (SSSR count). The second-order valence-corrected chi connectivity index (χ2v) is 21.8. The number of benzene rings is 2. The predicted molar refractivity (Wildman–Crippen MR) is 311 cm³/mol. The number of hydrogen-bond acceptors (Lipinski definition) is 17. The molecule has 0 spiro atoms. The van der Waals surface area contributed by atoms with E-state index in [0.29, 0.717) is 192 Å². The number of urea groups is 1. The highest BCUT2D eigenvalue weighted by Crippen LogP contribution is 2.33. The molecule has 462 valence electrons. The number of hydrogen-bond donors (Lipinski definition) is 5. The first kappa shape index (κ1) is 68.6. The van der Waals surface area contributed by atoms with Crippen molar-refractivity contribution in [3.8, 4) is 0 Å². The molecule has 22 nitrogen and oxygen atoms in total. The summed E-state index contributed by atoms with van der Waals surface area (Å²) < 4.78 is 60.9. The Morgan fingerprint density at radius 3 is 1.52 bits per heavy atom. The van der Waals surface area contributed by atoms with Gasteiger partial charge in [0.2, 0.25) is 11.8 Å². The lowest BCUT2D eigenvalue weighted by atomic mass is 9.89. The summed E-state index contributed by atoms with van der Waals surface area (Å²) in [5, 5.41) is 15.7. The van der Waals surface area contributed by atoms with Crippen molar-refractivity contribution in [2.75, 3.05) is 177 Å². The monoisotopic (exact) mass is 1190 g/mol. The van der Waals surface area contributed by atoms with E-state index in [1.165, 1.54) is 11.6 Å². The number of nitrogens with one attached hydrogen (secondary N) is 5. The topological polar surface area (TPSA) is 250 Å². The third kappa shape index (κ3) is 28.6. The molecule has 82 heavy (non-hydrogen) atoms. The van der Waals surface area contributed by atoms with Gasteiger partial charge >= 0.3 is 6.03 Å². The van der Waals surface area contributed by atoms with E-state index in [2.05, 4.69) is 26.6 Å². The Labute approximate surface area is 493 Å². The Balaban J connectivity index is 0.690. The van der Waals surface area contributed by atoms with Crippen LogP contribution in [0.25, 0.3) is 0 Å². The van der Waals surface area contributed by atoms with Crippen LogP contribution in [0.5, 0.6) is 0 Å². The molecule has 6 amide bonds. The van der Waals surface area contributed by atoms with Gasteiger partial charge in [0.25, 0.3) is 11.8 Å². The molecule has 0 aromatic heterocycles. The number of halogens is 1. The van der Waals surface area contributed by atoms with Crippen molar-refractivity contribution < 1.29 is 76.1 Å². The van der Waals surface area contributed by atoms with Gasteiger partial charge in [-0.15, -0.1) is 0 Å². The normalized spacial score (nSPS) is 17.4. The Bertz CT molecular complexity index is 2100. The maximum Gasteiger partial charge on any atom is 0.315 e.